The van der Waals surface area contributed by atoms with Crippen molar-refractivity contribution in [3.8, 4) is 0 Å². The van der Waals surface area contributed by atoms with Crippen molar-refractivity contribution in [2.45, 2.75) is 31.7 Å². The van der Waals surface area contributed by atoms with Crippen LogP contribution in [0, 0.1) is 5.41 Å². The van der Waals surface area contributed by atoms with E-state index in [9.17, 15) is 22.2 Å². The number of hydrogen-bond donors (Lipinski definition) is 2. The highest BCUT2D eigenvalue weighted by Gasteiger charge is 2.32. The highest BCUT2D eigenvalue weighted by atomic mass is 35.5. The summed E-state index contributed by atoms with van der Waals surface area (Å²) in [6.45, 7) is 3.04. The van der Waals surface area contributed by atoms with E-state index in [-0.39, 0.29) is 12.2 Å². The predicted octanol–water partition coefficient (Wildman–Crippen LogP) is 2.27. The van der Waals surface area contributed by atoms with Gasteiger partial charge >= 0.3 is 6.18 Å². The van der Waals surface area contributed by atoms with Crippen LogP contribution in [0.3, 0.4) is 0 Å². The number of nitrogens with one attached hydrogen (secondary N) is 1. The molecule has 0 spiro atoms. The number of nitrogens with two attached hydrogens (primary N) is 1. The van der Waals surface area contributed by atoms with E-state index in [1.54, 1.807) is 36.8 Å². The fraction of sp³-hybridized carbons (Fsp3) is 0.438. The maximum atomic E-state index is 12.6. The molecule has 0 aliphatic rings. The molecule has 3 N–H and O–H groups in total. The topological polar surface area (TPSA) is 90.7 Å². The number of carbonyl (C=O) groups excluding carboxylic acids is 1. The summed E-state index contributed by atoms with van der Waals surface area (Å²) in [4.78, 5) is 17.7. The Morgan fingerprint density at radius 2 is 2.19 bits per heavy atom. The second-order valence-electron chi connectivity index (χ2n) is 5.49. The number of nitrogens with zero attached hydrogens (tertiary/aromatic N) is 2. The van der Waals surface area contributed by atoms with Crippen molar-refractivity contribution in [2.75, 3.05) is 12.3 Å². The van der Waals surface area contributed by atoms with Gasteiger partial charge in [-0.05, 0) is 19.9 Å². The van der Waals surface area contributed by atoms with Crippen LogP contribution in [0.4, 0.5) is 18.9 Å². The van der Waals surface area contributed by atoms with Crippen LogP contribution in [0.15, 0.2) is 36.4 Å². The average molecular weight is 426 g/mol. The van der Waals surface area contributed by atoms with Crippen LogP contribution in [-0.4, -0.2) is 48.9 Å². The Morgan fingerprint density at radius 1 is 1.52 bits per heavy atom. The summed E-state index contributed by atoms with van der Waals surface area (Å²) < 4.78 is 49.0. The van der Waals surface area contributed by atoms with E-state index in [2.05, 4.69) is 4.98 Å². The van der Waals surface area contributed by atoms with Crippen LogP contribution in [-0.2, 0) is 15.6 Å². The maximum Gasteiger partial charge on any atom is 0.390 e. The van der Waals surface area contributed by atoms with Crippen LogP contribution >= 0.6 is 11.6 Å². The molecule has 0 saturated carbocycles. The first-order valence-electron chi connectivity index (χ1n) is 8.01. The van der Waals surface area contributed by atoms with Gasteiger partial charge in [-0.2, -0.15) is 13.2 Å². The molecule has 1 aromatic heterocycles. The predicted molar refractivity (Wildman–Crippen MR) is 98.0 cm³/mol. The fourth-order valence-electron chi connectivity index (χ4n) is 2.10. The van der Waals surface area contributed by atoms with Crippen LogP contribution in [0.2, 0.25) is 0 Å². The number of carbonyl (C=O) groups is 1. The second-order valence-corrected chi connectivity index (χ2v) is 7.75. The van der Waals surface area contributed by atoms with Gasteiger partial charge in [-0.25, -0.2) is 0 Å². The minimum absolute atomic E-state index is 0.0627. The molecule has 2 atom stereocenters. The van der Waals surface area contributed by atoms with Crippen molar-refractivity contribution >= 4 is 39.2 Å². The molecule has 0 aromatic carbocycles. The molecule has 150 valence electrons. The lowest BCUT2D eigenvalue weighted by Gasteiger charge is -2.25. The molecule has 0 aliphatic heterocycles. The van der Waals surface area contributed by atoms with Crippen molar-refractivity contribution in [1.82, 2.24) is 9.88 Å². The van der Waals surface area contributed by atoms with Crippen LogP contribution in [0.25, 0.3) is 0 Å². The minimum Gasteiger partial charge on any atom is -0.304 e. The minimum atomic E-state index is -4.44. The number of amides is 1. The Bertz CT molecular complexity index is 713. The molecule has 6 nitrogen and oxygen atoms in total. The van der Waals surface area contributed by atoms with Crippen molar-refractivity contribution in [1.29, 1.82) is 5.41 Å². The number of alkyl halides is 3. The number of halogens is 4. The number of rotatable bonds is 9. The number of aromatic nitrogens is 1. The third kappa shape index (κ3) is 7.77. The summed E-state index contributed by atoms with van der Waals surface area (Å²) in [5, 5.41) is 7.72. The van der Waals surface area contributed by atoms with E-state index in [0.717, 1.165) is 4.90 Å². The maximum absolute atomic E-state index is 12.6. The summed E-state index contributed by atoms with van der Waals surface area (Å²) in [6, 6.07) is 3.46. The molecule has 0 radical (unpaired) electrons. The monoisotopic (exact) mass is 425 g/mol. The molecular weight excluding hydrogens is 405 g/mol. The smallest absolute Gasteiger partial charge is 0.304 e. The van der Waals surface area contributed by atoms with Crippen LogP contribution in [0.5, 0.6) is 0 Å². The SMILES string of the molecule is CCN(C(=O)C(C)S(=O)CCC(F)(F)F)/C(=C/[NH2+]c1cccnc1)C(=N)Cl. The van der Waals surface area contributed by atoms with Gasteiger partial charge in [0.15, 0.2) is 5.69 Å². The van der Waals surface area contributed by atoms with Gasteiger partial charge in [0, 0.05) is 35.4 Å². The number of quaternary nitrogens is 1. The molecule has 11 heteroatoms. The molecule has 1 amide bonds. The lowest BCUT2D eigenvalue weighted by molar-refractivity contribution is -0.497. The molecule has 0 aliphatic carbocycles. The zero-order valence-electron chi connectivity index (χ0n) is 14.8. The number of hydrogen-bond acceptors (Lipinski definition) is 4. The second kappa shape index (κ2) is 10.5. The molecule has 1 aromatic rings. The average Bonchev–Trinajstić information content (AvgIpc) is 2.61. The quantitative estimate of drug-likeness (QED) is 0.594. The van der Waals surface area contributed by atoms with E-state index in [0.29, 0.717) is 5.69 Å². The van der Waals surface area contributed by atoms with Crippen molar-refractivity contribution in [2.24, 2.45) is 0 Å². The summed E-state index contributed by atoms with van der Waals surface area (Å²) >= 11 is 5.79. The van der Waals surface area contributed by atoms with E-state index in [1.807, 2.05) is 0 Å². The van der Waals surface area contributed by atoms with Gasteiger partial charge in [0.2, 0.25) is 5.91 Å². The first-order chi connectivity index (χ1) is 12.6. The summed E-state index contributed by atoms with van der Waals surface area (Å²) in [6.07, 6.45) is -1.07. The van der Waals surface area contributed by atoms with Gasteiger partial charge < -0.3 is 4.90 Å². The first-order valence-corrected chi connectivity index (χ1v) is 9.77. The zero-order chi connectivity index (χ0) is 20.6. The Kier molecular flexibility index (Phi) is 9.07. The van der Waals surface area contributed by atoms with Gasteiger partial charge in [-0.15, -0.1) is 0 Å². The Morgan fingerprint density at radius 3 is 2.67 bits per heavy atom. The van der Waals surface area contributed by atoms with Gasteiger partial charge in [0.25, 0.3) is 0 Å². The van der Waals surface area contributed by atoms with E-state index in [4.69, 9.17) is 17.0 Å². The molecule has 0 bridgehead atoms. The fourth-order valence-corrected chi connectivity index (χ4v) is 3.40. The molecule has 0 fully saturated rings. The molecule has 1 heterocycles. The summed E-state index contributed by atoms with van der Waals surface area (Å²) in [7, 11) is -2.01. The third-order valence-corrected chi connectivity index (χ3v) is 5.34. The molecule has 1 rings (SSSR count). The van der Waals surface area contributed by atoms with Gasteiger partial charge in [-0.3, -0.25) is 24.7 Å². The zero-order valence-corrected chi connectivity index (χ0v) is 16.4. The van der Waals surface area contributed by atoms with Crippen LogP contribution < -0.4 is 5.32 Å². The van der Waals surface area contributed by atoms with Gasteiger partial charge in [-0.1, -0.05) is 11.6 Å². The molecular formula is C16H21ClF3N4O2S+. The lowest BCUT2D eigenvalue weighted by Crippen LogP contribution is -2.72. The molecule has 2 unspecified atom stereocenters. The number of pyridine rings is 1. The van der Waals surface area contributed by atoms with E-state index < -0.39 is 45.5 Å². The van der Waals surface area contributed by atoms with E-state index >= 15 is 0 Å². The first kappa shape index (κ1) is 23.3. The Labute approximate surface area is 162 Å². The van der Waals surface area contributed by atoms with Crippen LogP contribution in [0.1, 0.15) is 20.3 Å². The number of allylic oxidation sites excluding steroid dienone is 1. The van der Waals surface area contributed by atoms with Gasteiger partial charge in [0.1, 0.15) is 22.3 Å². The highest BCUT2D eigenvalue weighted by molar-refractivity contribution is 7.86. The van der Waals surface area contributed by atoms with Crippen molar-refractivity contribution in [3.63, 3.8) is 0 Å². The van der Waals surface area contributed by atoms with E-state index in [1.165, 1.54) is 13.1 Å². The van der Waals surface area contributed by atoms with Gasteiger partial charge in [0.05, 0.1) is 12.6 Å². The Balaban J connectivity index is 2.94. The third-order valence-electron chi connectivity index (χ3n) is 3.54. The largest absolute Gasteiger partial charge is 0.390 e. The molecule has 27 heavy (non-hydrogen) atoms. The lowest BCUT2D eigenvalue weighted by atomic mass is 10.3. The summed E-state index contributed by atoms with van der Waals surface area (Å²) in [5.74, 6) is -1.32. The van der Waals surface area contributed by atoms with Crippen molar-refractivity contribution in [3.05, 3.63) is 36.4 Å². The standard InChI is InChI=1S/C16H20ClF3N4O2S/c1-3-24(15(25)11(2)27(26)8-6-16(18,19)20)13(14(17)21)10-23-12-5-4-7-22-9-12/h4-5,7,9-11,21,23H,3,6,8H2,1-2H3/p+1/b13-10+,21-14?. The molecule has 0 saturated heterocycles. The Hall–Kier alpha value is -1.78. The van der Waals surface area contributed by atoms with Crippen molar-refractivity contribution < 1.29 is 27.5 Å². The normalized spacial score (nSPS) is 14.5. The highest BCUT2D eigenvalue weighted by Crippen LogP contribution is 2.21. The summed E-state index contributed by atoms with van der Waals surface area (Å²) in [5.41, 5.74) is 0.769.